The highest BCUT2D eigenvalue weighted by molar-refractivity contribution is 6.17. The van der Waals surface area contributed by atoms with E-state index >= 15 is 0 Å². The van der Waals surface area contributed by atoms with Crippen molar-refractivity contribution in [2.45, 2.75) is 20.8 Å². The monoisotopic (exact) mass is 411 g/mol. The van der Waals surface area contributed by atoms with Crippen LogP contribution in [-0.2, 0) is 9.59 Å². The summed E-state index contributed by atoms with van der Waals surface area (Å²) in [6.45, 7) is 5.28. The highest BCUT2D eigenvalue weighted by atomic mass is 16.6. The molecule has 9 nitrogen and oxygen atoms in total. The van der Waals surface area contributed by atoms with E-state index in [0.29, 0.717) is 5.75 Å². The van der Waals surface area contributed by atoms with E-state index in [9.17, 15) is 19.7 Å². The molecule has 0 bridgehead atoms. The highest BCUT2D eigenvalue weighted by Gasteiger charge is 2.31. The number of aryl methyl sites for hydroxylation is 2. The number of imide groups is 1. The summed E-state index contributed by atoms with van der Waals surface area (Å²) < 4.78 is 5.92. The van der Waals surface area contributed by atoms with Gasteiger partial charge in [-0.15, -0.1) is 0 Å². The number of nitrogens with one attached hydrogen (secondary N) is 1. The van der Waals surface area contributed by atoms with Gasteiger partial charge in [-0.05, 0) is 43.5 Å². The zero-order chi connectivity index (χ0) is 22.0. The summed E-state index contributed by atoms with van der Waals surface area (Å²) in [6, 6.07) is 7.89. The number of hydrogen-bond donors (Lipinski definition) is 2. The predicted molar refractivity (Wildman–Crippen MR) is 109 cm³/mol. The van der Waals surface area contributed by atoms with E-state index in [1.165, 1.54) is 18.2 Å². The number of ether oxygens (including phenoxy) is 1. The molecule has 0 aromatic heterocycles. The quantitative estimate of drug-likeness (QED) is 0.408. The fraction of sp³-hybridized carbons (Fsp3) is 0.238. The van der Waals surface area contributed by atoms with E-state index < -0.39 is 16.7 Å². The fourth-order valence-corrected chi connectivity index (χ4v) is 3.12. The van der Waals surface area contributed by atoms with Gasteiger partial charge in [0.1, 0.15) is 17.2 Å². The van der Waals surface area contributed by atoms with Crippen LogP contribution in [0.1, 0.15) is 16.7 Å². The number of amides is 2. The summed E-state index contributed by atoms with van der Waals surface area (Å²) in [6.07, 6.45) is 1.09. The van der Waals surface area contributed by atoms with Gasteiger partial charge in [0.2, 0.25) is 0 Å². The van der Waals surface area contributed by atoms with Crippen molar-refractivity contribution < 1.29 is 24.4 Å². The van der Waals surface area contributed by atoms with Crippen molar-refractivity contribution in [1.82, 2.24) is 4.90 Å². The molecule has 0 unspecified atom stereocenters. The number of carbonyl (C=O) groups excluding carboxylic acids is 2. The first-order valence-electron chi connectivity index (χ1n) is 9.20. The van der Waals surface area contributed by atoms with Crippen molar-refractivity contribution >= 4 is 23.2 Å². The van der Waals surface area contributed by atoms with Crippen LogP contribution in [0, 0.1) is 30.9 Å². The van der Waals surface area contributed by atoms with Crippen LogP contribution in [0.2, 0.25) is 0 Å². The molecule has 30 heavy (non-hydrogen) atoms. The van der Waals surface area contributed by atoms with Gasteiger partial charge in [0.15, 0.2) is 0 Å². The van der Waals surface area contributed by atoms with Gasteiger partial charge >= 0.3 is 0 Å². The number of non-ortho nitro benzene ring substituents is 1. The standard InChI is InChI=1S/C21H21N3O6/c1-12-6-13(2)14(3)19(7-12)30-17-9-15(8-16(10-17)24(28)29)22-18-11-20(26)23(4-5-25)21(18)27/h6-11,22,25H,4-5H2,1-3H3. The van der Waals surface area contributed by atoms with E-state index in [2.05, 4.69) is 5.32 Å². The van der Waals surface area contributed by atoms with Crippen molar-refractivity contribution in [3.63, 3.8) is 0 Å². The van der Waals surface area contributed by atoms with Crippen LogP contribution in [0.4, 0.5) is 11.4 Å². The number of β-amino-alcohol motifs (C(OH)–C–C–N with tert-alkyl or cyclic N) is 1. The van der Waals surface area contributed by atoms with Gasteiger partial charge < -0.3 is 15.2 Å². The topological polar surface area (TPSA) is 122 Å². The molecule has 0 aliphatic carbocycles. The molecule has 0 atom stereocenters. The molecule has 0 saturated carbocycles. The molecule has 0 radical (unpaired) electrons. The lowest BCUT2D eigenvalue weighted by Gasteiger charge is -2.15. The van der Waals surface area contributed by atoms with Crippen LogP contribution < -0.4 is 10.1 Å². The first-order valence-corrected chi connectivity index (χ1v) is 9.20. The van der Waals surface area contributed by atoms with Crippen molar-refractivity contribution in [2.24, 2.45) is 0 Å². The molecule has 156 valence electrons. The summed E-state index contributed by atoms with van der Waals surface area (Å²) in [7, 11) is 0. The van der Waals surface area contributed by atoms with Crippen molar-refractivity contribution in [1.29, 1.82) is 0 Å². The zero-order valence-electron chi connectivity index (χ0n) is 16.8. The molecule has 1 heterocycles. The summed E-state index contributed by atoms with van der Waals surface area (Å²) in [5.74, 6) is -0.402. The molecule has 9 heteroatoms. The minimum atomic E-state index is -0.617. The summed E-state index contributed by atoms with van der Waals surface area (Å²) >= 11 is 0. The Morgan fingerprint density at radius 1 is 1.13 bits per heavy atom. The van der Waals surface area contributed by atoms with Gasteiger partial charge in [-0.2, -0.15) is 0 Å². The highest BCUT2D eigenvalue weighted by Crippen LogP contribution is 2.33. The average molecular weight is 411 g/mol. The average Bonchev–Trinajstić information content (AvgIpc) is 2.93. The molecule has 1 aliphatic rings. The number of rotatable bonds is 7. The number of hydrogen-bond acceptors (Lipinski definition) is 7. The van der Waals surface area contributed by atoms with Gasteiger partial charge in [-0.25, -0.2) is 0 Å². The molecule has 1 aliphatic heterocycles. The second-order valence-corrected chi connectivity index (χ2v) is 6.98. The Kier molecular flexibility index (Phi) is 5.84. The van der Waals surface area contributed by atoms with E-state index in [-0.39, 0.29) is 36.0 Å². The van der Waals surface area contributed by atoms with Crippen LogP contribution in [0.5, 0.6) is 11.5 Å². The van der Waals surface area contributed by atoms with E-state index in [0.717, 1.165) is 27.7 Å². The van der Waals surface area contributed by atoms with Crippen LogP contribution in [0.15, 0.2) is 42.1 Å². The summed E-state index contributed by atoms with van der Waals surface area (Å²) in [4.78, 5) is 35.9. The first kappa shape index (κ1) is 21.0. The number of carbonyl (C=O) groups is 2. The van der Waals surface area contributed by atoms with Crippen molar-refractivity contribution in [3.05, 3.63) is 68.9 Å². The number of benzene rings is 2. The molecule has 2 aromatic carbocycles. The lowest BCUT2D eigenvalue weighted by molar-refractivity contribution is -0.384. The Hall–Kier alpha value is -3.72. The normalized spacial score (nSPS) is 13.5. The summed E-state index contributed by atoms with van der Waals surface area (Å²) in [5, 5.41) is 23.1. The Labute approximate surface area is 172 Å². The predicted octanol–water partition coefficient (Wildman–Crippen LogP) is 2.97. The SMILES string of the molecule is Cc1cc(C)c(C)c(Oc2cc(NC3=CC(=O)N(CCO)C3=O)cc([N+](=O)[O-])c2)c1. The second-order valence-electron chi connectivity index (χ2n) is 6.98. The zero-order valence-corrected chi connectivity index (χ0v) is 16.8. The Bertz CT molecular complexity index is 1080. The number of aliphatic hydroxyl groups excluding tert-OH is 1. The summed E-state index contributed by atoms with van der Waals surface area (Å²) in [5.41, 5.74) is 2.86. The molecule has 0 fully saturated rings. The molecule has 0 spiro atoms. The van der Waals surface area contributed by atoms with Gasteiger partial charge in [0, 0.05) is 23.9 Å². The molecular weight excluding hydrogens is 390 g/mol. The number of anilines is 1. The van der Waals surface area contributed by atoms with E-state index in [1.807, 2.05) is 32.9 Å². The first-order chi connectivity index (χ1) is 14.2. The third-order valence-corrected chi connectivity index (χ3v) is 4.71. The van der Waals surface area contributed by atoms with Gasteiger partial charge in [-0.3, -0.25) is 24.6 Å². The van der Waals surface area contributed by atoms with Gasteiger partial charge in [0.05, 0.1) is 24.1 Å². The number of nitrogens with zero attached hydrogens (tertiary/aromatic N) is 2. The lowest BCUT2D eigenvalue weighted by Crippen LogP contribution is -2.34. The van der Waals surface area contributed by atoms with Crippen LogP contribution >= 0.6 is 0 Å². The molecular formula is C21H21N3O6. The van der Waals surface area contributed by atoms with Crippen LogP contribution in [-0.4, -0.2) is 39.9 Å². The number of nitro groups is 1. The molecule has 2 N–H and O–H groups in total. The smallest absolute Gasteiger partial charge is 0.277 e. The molecule has 3 rings (SSSR count). The van der Waals surface area contributed by atoms with E-state index in [4.69, 9.17) is 9.84 Å². The maximum absolute atomic E-state index is 12.3. The van der Waals surface area contributed by atoms with Gasteiger partial charge in [-0.1, -0.05) is 6.07 Å². The van der Waals surface area contributed by atoms with Gasteiger partial charge in [0.25, 0.3) is 17.5 Å². The fourth-order valence-electron chi connectivity index (χ4n) is 3.12. The number of aliphatic hydroxyl groups is 1. The minimum Gasteiger partial charge on any atom is -0.457 e. The van der Waals surface area contributed by atoms with Crippen molar-refractivity contribution in [2.75, 3.05) is 18.5 Å². The Balaban J connectivity index is 1.93. The van der Waals surface area contributed by atoms with Crippen molar-refractivity contribution in [3.8, 4) is 11.5 Å². The molecule has 2 aromatic rings. The second kappa shape index (κ2) is 8.34. The largest absolute Gasteiger partial charge is 0.457 e. The Morgan fingerprint density at radius 3 is 2.53 bits per heavy atom. The van der Waals surface area contributed by atoms with E-state index in [1.54, 1.807) is 0 Å². The molecule has 2 amide bonds. The third-order valence-electron chi connectivity index (χ3n) is 4.71. The maximum atomic E-state index is 12.3. The van der Waals surface area contributed by atoms with Crippen LogP contribution in [0.3, 0.4) is 0 Å². The third kappa shape index (κ3) is 4.31. The maximum Gasteiger partial charge on any atom is 0.277 e. The lowest BCUT2D eigenvalue weighted by atomic mass is 10.1. The van der Waals surface area contributed by atoms with Crippen LogP contribution in [0.25, 0.3) is 0 Å². The number of nitro benzene ring substituents is 1. The minimum absolute atomic E-state index is 0.0394. The Morgan fingerprint density at radius 2 is 1.87 bits per heavy atom. The molecule has 0 saturated heterocycles.